The molecule has 2 N–H and O–H groups in total. The van der Waals surface area contributed by atoms with Crippen LogP contribution < -0.4 is 5.32 Å². The van der Waals surface area contributed by atoms with E-state index in [1.165, 1.54) is 18.4 Å². The Balaban J connectivity index is 1.57. The smallest absolute Gasteiger partial charge is 0.108 e. The van der Waals surface area contributed by atoms with Gasteiger partial charge in [0.15, 0.2) is 0 Å². The molecule has 1 aromatic carbocycles. The summed E-state index contributed by atoms with van der Waals surface area (Å²) in [5.74, 6) is 0. The maximum absolute atomic E-state index is 9.16. The van der Waals surface area contributed by atoms with Crippen molar-refractivity contribution in [1.29, 1.82) is 0 Å². The Hall–Kier alpha value is -1.98. The van der Waals surface area contributed by atoms with E-state index >= 15 is 0 Å². The van der Waals surface area contributed by atoms with Gasteiger partial charge in [-0.05, 0) is 18.4 Å². The SMILES string of the molecule is OCc1cn([C@@H]2CCCC[C@@H]2NC/C=C/c2ccccc2)nn1. The van der Waals surface area contributed by atoms with Crippen LogP contribution in [0.5, 0.6) is 0 Å². The second kappa shape index (κ2) is 8.04. The van der Waals surface area contributed by atoms with Crippen LogP contribution in [0.25, 0.3) is 6.08 Å². The summed E-state index contributed by atoms with van der Waals surface area (Å²) in [7, 11) is 0. The van der Waals surface area contributed by atoms with E-state index in [0.717, 1.165) is 19.4 Å². The lowest BCUT2D eigenvalue weighted by Gasteiger charge is -2.31. The molecule has 0 spiro atoms. The monoisotopic (exact) mass is 312 g/mol. The van der Waals surface area contributed by atoms with Crippen molar-refractivity contribution >= 4 is 6.08 Å². The highest BCUT2D eigenvalue weighted by molar-refractivity contribution is 5.48. The number of nitrogens with zero attached hydrogens (tertiary/aromatic N) is 3. The maximum Gasteiger partial charge on any atom is 0.108 e. The Morgan fingerprint density at radius 3 is 2.83 bits per heavy atom. The third-order valence-electron chi connectivity index (χ3n) is 4.40. The van der Waals surface area contributed by atoms with E-state index in [0.29, 0.717) is 17.8 Å². The molecule has 0 radical (unpaired) electrons. The van der Waals surface area contributed by atoms with E-state index in [-0.39, 0.29) is 6.61 Å². The summed E-state index contributed by atoms with van der Waals surface area (Å²) < 4.78 is 1.92. The predicted octanol–water partition coefficient (Wildman–Crippen LogP) is 2.56. The molecule has 3 rings (SSSR count). The van der Waals surface area contributed by atoms with Crippen LogP contribution in [-0.4, -0.2) is 32.7 Å². The Kier molecular flexibility index (Phi) is 5.56. The molecule has 2 aromatic rings. The summed E-state index contributed by atoms with van der Waals surface area (Å²) in [6.45, 7) is 0.794. The molecule has 1 aromatic heterocycles. The molecule has 0 saturated heterocycles. The van der Waals surface area contributed by atoms with Gasteiger partial charge in [0.2, 0.25) is 0 Å². The fourth-order valence-corrected chi connectivity index (χ4v) is 3.19. The Morgan fingerprint density at radius 2 is 2.04 bits per heavy atom. The lowest BCUT2D eigenvalue weighted by Crippen LogP contribution is -2.40. The average Bonchev–Trinajstić information content (AvgIpc) is 3.09. The molecule has 0 bridgehead atoms. The number of aliphatic hydroxyl groups excluding tert-OH is 1. The van der Waals surface area contributed by atoms with Crippen LogP contribution in [-0.2, 0) is 6.61 Å². The topological polar surface area (TPSA) is 63.0 Å². The first-order valence-electron chi connectivity index (χ1n) is 8.33. The van der Waals surface area contributed by atoms with Crippen LogP contribution in [0.15, 0.2) is 42.6 Å². The van der Waals surface area contributed by atoms with Gasteiger partial charge in [0.1, 0.15) is 5.69 Å². The molecule has 23 heavy (non-hydrogen) atoms. The number of benzene rings is 1. The fourth-order valence-electron chi connectivity index (χ4n) is 3.19. The molecule has 0 amide bonds. The predicted molar refractivity (Wildman–Crippen MR) is 90.7 cm³/mol. The van der Waals surface area contributed by atoms with Crippen LogP contribution in [0.2, 0.25) is 0 Å². The number of rotatable bonds is 6. The third-order valence-corrected chi connectivity index (χ3v) is 4.40. The van der Waals surface area contributed by atoms with Crippen molar-refractivity contribution in [2.75, 3.05) is 6.54 Å². The van der Waals surface area contributed by atoms with Crippen molar-refractivity contribution in [1.82, 2.24) is 20.3 Å². The van der Waals surface area contributed by atoms with E-state index in [4.69, 9.17) is 5.11 Å². The standard InChI is InChI=1S/C18H24N4O/c23-14-16-13-22(21-20-16)18-11-5-4-10-17(18)19-12-6-9-15-7-2-1-3-8-15/h1-3,6-9,13,17-19,23H,4-5,10-12,14H2/b9-6+/t17-,18+/m0/s1. The zero-order chi connectivity index (χ0) is 15.9. The quantitative estimate of drug-likeness (QED) is 0.860. The summed E-state index contributed by atoms with van der Waals surface area (Å²) in [6, 6.07) is 11.1. The van der Waals surface area contributed by atoms with Crippen molar-refractivity contribution in [3.63, 3.8) is 0 Å². The molecule has 1 saturated carbocycles. The third kappa shape index (κ3) is 4.27. The van der Waals surface area contributed by atoms with Crippen LogP contribution in [0.3, 0.4) is 0 Å². The van der Waals surface area contributed by atoms with E-state index in [1.54, 1.807) is 0 Å². The number of aromatic nitrogens is 3. The van der Waals surface area contributed by atoms with Crippen LogP contribution >= 0.6 is 0 Å². The number of hydrogen-bond acceptors (Lipinski definition) is 4. The summed E-state index contributed by atoms with van der Waals surface area (Å²) >= 11 is 0. The van der Waals surface area contributed by atoms with E-state index in [2.05, 4.69) is 39.9 Å². The average molecular weight is 312 g/mol. The molecule has 0 unspecified atom stereocenters. The van der Waals surface area contributed by atoms with Gasteiger partial charge in [-0.3, -0.25) is 0 Å². The molecule has 1 fully saturated rings. The second-order valence-electron chi connectivity index (χ2n) is 6.03. The zero-order valence-corrected chi connectivity index (χ0v) is 13.3. The van der Waals surface area contributed by atoms with Gasteiger partial charge in [0, 0.05) is 12.6 Å². The first-order valence-corrected chi connectivity index (χ1v) is 8.33. The van der Waals surface area contributed by atoms with Crippen LogP contribution in [0.1, 0.15) is 43.0 Å². The molecule has 5 nitrogen and oxygen atoms in total. The molecule has 0 aliphatic heterocycles. The Labute approximate surface area is 137 Å². The van der Waals surface area contributed by atoms with Gasteiger partial charge >= 0.3 is 0 Å². The molecule has 122 valence electrons. The Bertz CT molecular complexity index is 623. The summed E-state index contributed by atoms with van der Waals surface area (Å²) in [4.78, 5) is 0. The van der Waals surface area contributed by atoms with E-state index in [9.17, 15) is 0 Å². The van der Waals surface area contributed by atoms with Crippen molar-refractivity contribution in [3.8, 4) is 0 Å². The second-order valence-corrected chi connectivity index (χ2v) is 6.03. The van der Waals surface area contributed by atoms with Crippen LogP contribution in [0, 0.1) is 0 Å². The van der Waals surface area contributed by atoms with Crippen molar-refractivity contribution in [3.05, 3.63) is 53.9 Å². The van der Waals surface area contributed by atoms with Crippen molar-refractivity contribution < 1.29 is 5.11 Å². The van der Waals surface area contributed by atoms with Gasteiger partial charge in [-0.1, -0.05) is 60.5 Å². The summed E-state index contributed by atoms with van der Waals surface area (Å²) in [5, 5.41) is 21.0. The minimum Gasteiger partial charge on any atom is -0.390 e. The van der Waals surface area contributed by atoms with E-state index < -0.39 is 0 Å². The number of nitrogens with one attached hydrogen (secondary N) is 1. The molecular weight excluding hydrogens is 288 g/mol. The van der Waals surface area contributed by atoms with Gasteiger partial charge < -0.3 is 10.4 Å². The molecule has 2 atom stereocenters. The minimum absolute atomic E-state index is 0.0510. The first kappa shape index (κ1) is 15.9. The normalized spacial score (nSPS) is 21.8. The number of aliphatic hydroxyl groups is 1. The van der Waals surface area contributed by atoms with Gasteiger partial charge in [0.05, 0.1) is 18.8 Å². The Morgan fingerprint density at radius 1 is 1.22 bits per heavy atom. The van der Waals surface area contributed by atoms with Gasteiger partial charge in [-0.25, -0.2) is 4.68 Å². The highest BCUT2D eigenvalue weighted by Crippen LogP contribution is 2.28. The van der Waals surface area contributed by atoms with Crippen LogP contribution in [0.4, 0.5) is 0 Å². The molecule has 5 heteroatoms. The molecule has 1 heterocycles. The molecular formula is C18H24N4O. The molecule has 1 aliphatic carbocycles. The van der Waals surface area contributed by atoms with Gasteiger partial charge in [-0.2, -0.15) is 0 Å². The lowest BCUT2D eigenvalue weighted by molar-refractivity contribution is 0.249. The lowest BCUT2D eigenvalue weighted by atomic mass is 9.90. The fraction of sp³-hybridized carbons (Fsp3) is 0.444. The minimum atomic E-state index is -0.0510. The zero-order valence-electron chi connectivity index (χ0n) is 13.3. The largest absolute Gasteiger partial charge is 0.390 e. The molecule has 1 aliphatic rings. The number of hydrogen-bond donors (Lipinski definition) is 2. The summed E-state index contributed by atoms with van der Waals surface area (Å²) in [5.41, 5.74) is 1.86. The van der Waals surface area contributed by atoms with Gasteiger partial charge in [0.25, 0.3) is 0 Å². The highest BCUT2D eigenvalue weighted by atomic mass is 16.3. The van der Waals surface area contributed by atoms with Gasteiger partial charge in [-0.15, -0.1) is 5.10 Å². The summed E-state index contributed by atoms with van der Waals surface area (Å²) in [6.07, 6.45) is 10.9. The van der Waals surface area contributed by atoms with E-state index in [1.807, 2.05) is 29.1 Å². The van der Waals surface area contributed by atoms with Crippen molar-refractivity contribution in [2.24, 2.45) is 0 Å². The van der Waals surface area contributed by atoms with Crippen molar-refractivity contribution in [2.45, 2.75) is 44.4 Å². The first-order chi connectivity index (χ1) is 11.4. The maximum atomic E-state index is 9.16. The highest BCUT2D eigenvalue weighted by Gasteiger charge is 2.26.